The van der Waals surface area contributed by atoms with Gasteiger partial charge in [0.05, 0.1) is 0 Å². The summed E-state index contributed by atoms with van der Waals surface area (Å²) in [6.07, 6.45) is 0. The third kappa shape index (κ3) is 18.3. The topological polar surface area (TPSA) is 13.0 Å². The molecule has 0 heterocycles. The Morgan fingerprint density at radius 3 is 0.612 bits per heavy atom. The normalized spacial score (nSPS) is 9.22. The molecule has 4 aromatic rings. The van der Waals surface area contributed by atoms with Crippen LogP contribution in [0, 0.1) is 0 Å². The van der Waals surface area contributed by atoms with Gasteiger partial charge in [-0.15, -0.1) is 0 Å². The maximum atomic E-state index is 4.94. The summed E-state index contributed by atoms with van der Waals surface area (Å²) in [5.41, 5.74) is 4.28. The van der Waals surface area contributed by atoms with Crippen LogP contribution in [-0.4, -0.2) is 70.8 Å². The van der Waals surface area contributed by atoms with Crippen LogP contribution in [0.3, 0.4) is 0 Å². The van der Waals surface area contributed by atoms with Crippen molar-refractivity contribution in [2.75, 3.05) is 45.8 Å². The van der Waals surface area contributed by atoms with E-state index in [1.807, 2.05) is 169 Å². The summed E-state index contributed by atoms with van der Waals surface area (Å²) in [6, 6.07) is 39.7. The predicted molar refractivity (Wildman–Crippen MR) is 243 cm³/mol. The first kappa shape index (κ1) is 47.2. The molecule has 49 heavy (non-hydrogen) atoms. The monoisotopic (exact) mass is 992 g/mol. The number of hydrogen-bond acceptors (Lipinski definition) is 8. The number of benzene rings is 4. The molecule has 4 nitrogen and oxygen atoms in total. The number of thiocarbonyl (C=S) groups is 4. The summed E-state index contributed by atoms with van der Waals surface area (Å²) in [5, 5.41) is 0. The first-order valence-corrected chi connectivity index (χ1v) is 18.4. The minimum atomic E-state index is 0. The maximum absolute atomic E-state index is 4.94. The van der Waals surface area contributed by atoms with Crippen LogP contribution in [0.25, 0.3) is 0 Å². The number of para-hydroxylation sites is 4. The third-order valence-electron chi connectivity index (χ3n) is 6.42. The van der Waals surface area contributed by atoms with Crippen molar-refractivity contribution in [1.82, 2.24) is 0 Å². The first-order chi connectivity index (χ1) is 23.0. The average molecular weight is 992 g/mol. The van der Waals surface area contributed by atoms with E-state index in [2.05, 4.69) is 0 Å². The maximum Gasteiger partial charge on any atom is 0.0397 e. The second kappa shape index (κ2) is 27.9. The molecule has 0 aliphatic carbocycles. The Bertz CT molecular complexity index is 1270. The summed E-state index contributed by atoms with van der Waals surface area (Å²) in [6.45, 7) is 11.4. The van der Waals surface area contributed by atoms with E-state index in [9.17, 15) is 0 Å². The summed E-state index contributed by atoms with van der Waals surface area (Å²) >= 11 is 39.5. The van der Waals surface area contributed by atoms with Crippen molar-refractivity contribution in [3.05, 3.63) is 121 Å². The smallest absolute Gasteiger partial charge is 0.0397 e. The van der Waals surface area contributed by atoms with Gasteiger partial charge >= 0.3 is 0 Å². The summed E-state index contributed by atoms with van der Waals surface area (Å²) in [7, 11) is 0. The van der Waals surface area contributed by atoms with Gasteiger partial charge in [0.25, 0.3) is 0 Å². The van der Waals surface area contributed by atoms with Crippen LogP contribution in [0.1, 0.15) is 27.7 Å². The minimum absolute atomic E-state index is 0. The average Bonchev–Trinajstić information content (AvgIpc) is 3.08. The SMILES string of the molecule is CCN(C(=S)[S-])c1ccccc1.CCN(C(=S)[S-])c1ccccc1.CCN(C(=S)[S-])c1ccccc1.CCN(C(=S)[S-])c1ccccc1.[Pb]. The molecule has 4 rings (SSSR count). The molecule has 0 fully saturated rings. The van der Waals surface area contributed by atoms with Crippen molar-refractivity contribution in [1.29, 1.82) is 0 Å². The Hall–Kier alpha value is -1.76. The second-order valence-corrected chi connectivity index (χ2v) is 13.5. The molecular weight excluding hydrogens is 952 g/mol. The third-order valence-corrected chi connectivity index (χ3v) is 8.18. The molecule has 0 spiro atoms. The second-order valence-electron chi connectivity index (χ2n) is 9.38. The zero-order chi connectivity index (χ0) is 35.9. The molecule has 260 valence electrons. The molecule has 0 aliphatic heterocycles. The van der Waals surface area contributed by atoms with Crippen molar-refractivity contribution in [3.63, 3.8) is 0 Å². The summed E-state index contributed by atoms with van der Waals surface area (Å²) in [4.78, 5) is 7.69. The number of rotatable bonds is 8. The van der Waals surface area contributed by atoms with Crippen LogP contribution >= 0.6 is 48.9 Å². The molecule has 0 amide bonds. The molecule has 4 radical (unpaired) electrons. The molecule has 13 heteroatoms. The van der Waals surface area contributed by atoms with Gasteiger partial charge in [-0.2, -0.15) is 0 Å². The molecule has 0 atom stereocenters. The predicted octanol–water partition coefficient (Wildman–Crippen LogP) is 9.00. The molecule has 0 saturated heterocycles. The van der Waals surface area contributed by atoms with E-state index < -0.39 is 0 Å². The molecule has 0 saturated carbocycles. The van der Waals surface area contributed by atoms with Gasteiger partial charge in [0.1, 0.15) is 0 Å². The van der Waals surface area contributed by atoms with Crippen molar-refractivity contribution in [2.24, 2.45) is 0 Å². The van der Waals surface area contributed by atoms with Crippen LogP contribution in [-0.2, 0) is 50.5 Å². The Morgan fingerprint density at radius 2 is 0.510 bits per heavy atom. The van der Waals surface area contributed by atoms with Gasteiger partial charge in [0.2, 0.25) is 0 Å². The quantitative estimate of drug-likeness (QED) is 0.0952. The largest absolute Gasteiger partial charge is 0.411 e. The Balaban J connectivity index is 0.000000623. The fraction of sp³-hybridized carbons (Fsp3) is 0.222. The standard InChI is InChI=1S/4C9H11NS2.Pb/c4*1-2-10(9(11)12)8-6-4-3-5-7-8;/h4*3-7H,2H2,1H3,(H,11,12);/p-4. The number of anilines is 4. The fourth-order valence-electron chi connectivity index (χ4n) is 4.10. The summed E-state index contributed by atoms with van der Waals surface area (Å²) < 4.78 is 2.01. The minimum Gasteiger partial charge on any atom is -0.411 e. The molecule has 0 bridgehead atoms. The Morgan fingerprint density at radius 1 is 0.367 bits per heavy atom. The van der Waals surface area contributed by atoms with Crippen LogP contribution in [0.15, 0.2) is 121 Å². The van der Waals surface area contributed by atoms with Crippen molar-refractivity contribution >= 4 is 167 Å². The summed E-state index contributed by atoms with van der Waals surface area (Å²) in [5.74, 6) is 0. The molecule has 0 aromatic heterocycles. The van der Waals surface area contributed by atoms with Crippen LogP contribution in [0.2, 0.25) is 0 Å². The van der Waals surface area contributed by atoms with E-state index >= 15 is 0 Å². The van der Waals surface area contributed by atoms with Gasteiger partial charge in [-0.1, -0.05) is 90.1 Å². The molecule has 0 N–H and O–H groups in total. The van der Waals surface area contributed by atoms with Crippen LogP contribution < -0.4 is 19.6 Å². The first-order valence-electron chi connectivity index (χ1n) is 15.2. The van der Waals surface area contributed by atoms with E-state index in [-0.39, 0.29) is 27.3 Å². The molecule has 4 aromatic carbocycles. The van der Waals surface area contributed by atoms with E-state index in [0.29, 0.717) is 17.3 Å². The van der Waals surface area contributed by atoms with Crippen molar-refractivity contribution < 1.29 is 0 Å². The van der Waals surface area contributed by atoms with Crippen LogP contribution in [0.5, 0.6) is 0 Å². The van der Waals surface area contributed by atoms with E-state index in [4.69, 9.17) is 99.4 Å². The Kier molecular flexibility index (Phi) is 26.9. The van der Waals surface area contributed by atoms with Gasteiger partial charge in [0.15, 0.2) is 0 Å². The van der Waals surface area contributed by atoms with Gasteiger partial charge in [0, 0.05) is 76.2 Å². The van der Waals surface area contributed by atoms with Gasteiger partial charge in [-0.25, -0.2) is 0 Å². The van der Waals surface area contributed by atoms with Gasteiger partial charge < -0.3 is 119 Å². The van der Waals surface area contributed by atoms with E-state index in [1.54, 1.807) is 0 Å². The van der Waals surface area contributed by atoms with E-state index in [0.717, 1.165) is 48.9 Å². The molecule has 0 unspecified atom stereocenters. The van der Waals surface area contributed by atoms with Gasteiger partial charge in [-0.05, 0) is 76.2 Å². The molecular formula is C36H40N4PbS8-4. The number of hydrogen-bond donors (Lipinski definition) is 0. The zero-order valence-electron chi connectivity index (χ0n) is 27.9. The van der Waals surface area contributed by atoms with Crippen molar-refractivity contribution in [2.45, 2.75) is 27.7 Å². The Labute approximate surface area is 357 Å². The molecule has 0 aliphatic rings. The zero-order valence-corrected chi connectivity index (χ0v) is 38.3. The van der Waals surface area contributed by atoms with Gasteiger partial charge in [-0.3, -0.25) is 0 Å². The van der Waals surface area contributed by atoms with E-state index in [1.165, 1.54) is 0 Å². The fourth-order valence-corrected chi connectivity index (χ4v) is 5.98. The number of nitrogens with zero attached hydrogens (tertiary/aromatic N) is 4. The van der Waals surface area contributed by atoms with Crippen molar-refractivity contribution in [3.8, 4) is 0 Å². The van der Waals surface area contributed by atoms with Crippen LogP contribution in [0.4, 0.5) is 22.7 Å².